The molecule has 2 saturated heterocycles. The largest absolute Gasteiger partial charge is 0.381 e. The van der Waals surface area contributed by atoms with Crippen LogP contribution in [0.1, 0.15) is 39.5 Å². The maximum atomic E-state index is 13.3. The molecule has 2 fully saturated rings. The zero-order chi connectivity index (χ0) is 23.1. The summed E-state index contributed by atoms with van der Waals surface area (Å²) in [7, 11) is -2.17. The summed E-state index contributed by atoms with van der Waals surface area (Å²) >= 11 is 0. The second-order valence-electron chi connectivity index (χ2n) is 8.65. The first-order valence-electron chi connectivity index (χ1n) is 10.8. The zero-order valence-corrected chi connectivity index (χ0v) is 19.4. The molecule has 0 spiro atoms. The number of hydrogen-bond acceptors (Lipinski definition) is 6. The lowest BCUT2D eigenvalue weighted by molar-refractivity contribution is -0.134. The van der Waals surface area contributed by atoms with E-state index >= 15 is 0 Å². The van der Waals surface area contributed by atoms with Crippen LogP contribution in [0.25, 0.3) is 0 Å². The monoisotopic (exact) mass is 457 g/mol. The third kappa shape index (κ3) is 6.15. The van der Waals surface area contributed by atoms with E-state index in [-0.39, 0.29) is 37.9 Å². The average molecular weight is 458 g/mol. The maximum absolute atomic E-state index is 13.3. The van der Waals surface area contributed by atoms with Gasteiger partial charge in [-0.2, -0.15) is 0 Å². The first-order chi connectivity index (χ1) is 14.6. The molecule has 2 N–H and O–H groups in total. The van der Waals surface area contributed by atoms with Gasteiger partial charge in [0.1, 0.15) is 0 Å². The number of hydrogen-bond donors (Lipinski definition) is 2. The van der Waals surface area contributed by atoms with Crippen molar-refractivity contribution >= 4 is 21.8 Å². The maximum Gasteiger partial charge on any atom is 0.266 e. The van der Waals surface area contributed by atoms with Gasteiger partial charge in [-0.1, -0.05) is 32.1 Å². The lowest BCUT2D eigenvalue weighted by Crippen LogP contribution is -2.60. The molecule has 2 amide bonds. The van der Waals surface area contributed by atoms with E-state index in [2.05, 4.69) is 13.8 Å². The van der Waals surface area contributed by atoms with E-state index in [1.807, 2.05) is 12.2 Å². The summed E-state index contributed by atoms with van der Waals surface area (Å²) in [6, 6.07) is 0. The van der Waals surface area contributed by atoms with Gasteiger partial charge in [-0.3, -0.25) is 14.8 Å². The molecule has 0 radical (unpaired) electrons. The van der Waals surface area contributed by atoms with E-state index in [0.717, 1.165) is 0 Å². The van der Waals surface area contributed by atoms with Gasteiger partial charge in [0.15, 0.2) is 4.75 Å². The molecule has 0 aromatic heterocycles. The van der Waals surface area contributed by atoms with Crippen molar-refractivity contribution < 1.29 is 28.0 Å². The van der Waals surface area contributed by atoms with Crippen LogP contribution in [0.2, 0.25) is 0 Å². The molecule has 2 aliphatic rings. The predicted molar refractivity (Wildman–Crippen MR) is 117 cm³/mol. The summed E-state index contributed by atoms with van der Waals surface area (Å²) < 4.78 is 31.5. The van der Waals surface area contributed by atoms with Crippen LogP contribution in [-0.4, -0.2) is 79.3 Å². The van der Waals surface area contributed by atoms with Crippen LogP contribution in [0.5, 0.6) is 0 Å². The lowest BCUT2D eigenvalue weighted by Gasteiger charge is -2.40. The molecule has 10 heteroatoms. The number of hydroxylamine groups is 1. The highest BCUT2D eigenvalue weighted by atomic mass is 32.2. The van der Waals surface area contributed by atoms with Crippen molar-refractivity contribution in [2.24, 2.45) is 11.8 Å². The Morgan fingerprint density at radius 1 is 1.23 bits per heavy atom. The van der Waals surface area contributed by atoms with Gasteiger partial charge in [-0.25, -0.2) is 18.2 Å². The molecule has 0 saturated carbocycles. The van der Waals surface area contributed by atoms with Crippen molar-refractivity contribution in [3.05, 3.63) is 24.3 Å². The van der Waals surface area contributed by atoms with Crippen molar-refractivity contribution in [3.63, 3.8) is 0 Å². The van der Waals surface area contributed by atoms with E-state index in [1.165, 1.54) is 10.4 Å². The Morgan fingerprint density at radius 3 is 2.39 bits per heavy atom. The van der Waals surface area contributed by atoms with Gasteiger partial charge in [0.25, 0.3) is 5.91 Å². The average Bonchev–Trinajstić information content (AvgIpc) is 2.76. The fourth-order valence-corrected chi connectivity index (χ4v) is 6.23. The predicted octanol–water partition coefficient (Wildman–Crippen LogP) is 1.31. The molecular formula is C21H35N3O6S. The summed E-state index contributed by atoms with van der Waals surface area (Å²) in [5.74, 6) is -0.349. The number of piperidine rings is 1. The zero-order valence-electron chi connectivity index (χ0n) is 18.6. The molecule has 0 aliphatic carbocycles. The van der Waals surface area contributed by atoms with E-state index in [9.17, 15) is 18.0 Å². The molecule has 0 atom stereocenters. The molecule has 9 nitrogen and oxygen atoms in total. The molecule has 2 aliphatic heterocycles. The van der Waals surface area contributed by atoms with Gasteiger partial charge in [0.05, 0.1) is 0 Å². The Kier molecular flexibility index (Phi) is 9.23. The van der Waals surface area contributed by atoms with Gasteiger partial charge in [-0.05, 0) is 24.7 Å². The minimum Gasteiger partial charge on any atom is -0.381 e. The third-order valence-corrected chi connectivity index (χ3v) is 8.52. The minimum absolute atomic E-state index is 0.0195. The Labute approximate surface area is 185 Å². The van der Waals surface area contributed by atoms with Crippen molar-refractivity contribution in [1.82, 2.24) is 14.7 Å². The van der Waals surface area contributed by atoms with Crippen LogP contribution in [0, 0.1) is 11.8 Å². The molecule has 2 rings (SSSR count). The van der Waals surface area contributed by atoms with Gasteiger partial charge < -0.3 is 9.64 Å². The number of allylic oxidation sites excluding steroid dienone is 3. The quantitative estimate of drug-likeness (QED) is 0.246. The first-order valence-corrected chi connectivity index (χ1v) is 12.2. The number of rotatable bonds is 8. The van der Waals surface area contributed by atoms with Crippen LogP contribution in [0.15, 0.2) is 24.3 Å². The van der Waals surface area contributed by atoms with E-state index in [0.29, 0.717) is 38.4 Å². The van der Waals surface area contributed by atoms with Crippen LogP contribution >= 0.6 is 0 Å². The van der Waals surface area contributed by atoms with Crippen molar-refractivity contribution in [2.45, 2.75) is 44.3 Å². The third-order valence-electron chi connectivity index (χ3n) is 5.90. The normalized spacial score (nSPS) is 21.1. The SMILES string of the molecule is CC(C)CN(C)C(=O)/C=C/C=C/C1CCN(S(=O)(=O)C2(C(=O)NO)CCOCC2)CC1. The number of ether oxygens (including phenoxy) is 1. The first kappa shape index (κ1) is 25.5. The molecule has 176 valence electrons. The number of carbonyl (C=O) groups is 2. The van der Waals surface area contributed by atoms with Gasteiger partial charge >= 0.3 is 0 Å². The topological polar surface area (TPSA) is 116 Å². The van der Waals surface area contributed by atoms with Crippen LogP contribution in [0.4, 0.5) is 0 Å². The molecule has 0 aromatic rings. The molecule has 0 bridgehead atoms. The number of likely N-dealkylation sites (N-methyl/N-ethyl adjacent to an activating group) is 1. The van der Waals surface area contributed by atoms with Crippen molar-refractivity contribution in [2.75, 3.05) is 39.9 Å². The number of nitrogens with one attached hydrogen (secondary N) is 1. The summed E-state index contributed by atoms with van der Waals surface area (Å²) in [5, 5.41) is 9.13. The molecule has 31 heavy (non-hydrogen) atoms. The number of carbonyl (C=O) groups excluding carboxylic acids is 2. The second kappa shape index (κ2) is 11.2. The van der Waals surface area contributed by atoms with E-state index in [4.69, 9.17) is 9.94 Å². The summed E-state index contributed by atoms with van der Waals surface area (Å²) in [5.41, 5.74) is 1.54. The smallest absolute Gasteiger partial charge is 0.266 e. The standard InChI is InChI=1S/C21H35N3O6S/c1-17(2)16-23(3)19(25)7-5-4-6-18-8-12-24(13-9-18)31(28,29)21(20(26)22-27)10-14-30-15-11-21/h4-7,17-18,27H,8-16H2,1-3H3,(H,22,26)/b6-4+,7-5+. The molecule has 0 unspecified atom stereocenters. The Hall–Kier alpha value is -1.75. The van der Waals surface area contributed by atoms with Crippen molar-refractivity contribution in [3.8, 4) is 0 Å². The highest BCUT2D eigenvalue weighted by Gasteiger charge is 2.54. The second-order valence-corrected chi connectivity index (χ2v) is 10.9. The van der Waals surface area contributed by atoms with Crippen LogP contribution < -0.4 is 5.48 Å². The summed E-state index contributed by atoms with van der Waals surface area (Å²) in [6.07, 6.45) is 8.34. The fraction of sp³-hybridized carbons (Fsp3) is 0.714. The van der Waals surface area contributed by atoms with Gasteiger partial charge in [0.2, 0.25) is 15.9 Å². The minimum atomic E-state index is -3.94. The van der Waals surface area contributed by atoms with Crippen molar-refractivity contribution in [1.29, 1.82) is 0 Å². The Morgan fingerprint density at radius 2 is 1.84 bits per heavy atom. The lowest BCUT2D eigenvalue weighted by atomic mass is 9.97. The van der Waals surface area contributed by atoms with Crippen LogP contribution in [0.3, 0.4) is 0 Å². The Bertz CT molecular complexity index is 779. The van der Waals surface area contributed by atoms with Gasteiger partial charge in [0, 0.05) is 58.8 Å². The highest BCUT2D eigenvalue weighted by molar-refractivity contribution is 7.91. The number of sulfonamides is 1. The Balaban J connectivity index is 1.94. The van der Waals surface area contributed by atoms with E-state index in [1.54, 1.807) is 23.5 Å². The molecule has 0 aromatic carbocycles. The fourth-order valence-electron chi connectivity index (χ4n) is 4.08. The van der Waals surface area contributed by atoms with Crippen LogP contribution in [-0.2, 0) is 24.3 Å². The van der Waals surface area contributed by atoms with Gasteiger partial charge in [-0.15, -0.1) is 0 Å². The highest BCUT2D eigenvalue weighted by Crippen LogP contribution is 2.35. The molecular weight excluding hydrogens is 422 g/mol. The summed E-state index contributed by atoms with van der Waals surface area (Å²) in [4.78, 5) is 26.0. The number of amides is 2. The molecule has 2 heterocycles. The summed E-state index contributed by atoms with van der Waals surface area (Å²) in [6.45, 7) is 5.73. The number of nitrogens with zero attached hydrogens (tertiary/aromatic N) is 2. The van der Waals surface area contributed by atoms with E-state index < -0.39 is 20.7 Å².